The van der Waals surface area contributed by atoms with E-state index in [0.717, 1.165) is 27.8 Å². The van der Waals surface area contributed by atoms with Crippen LogP contribution in [0.15, 0.2) is 152 Å². The molecule has 3 heterocycles. The summed E-state index contributed by atoms with van der Waals surface area (Å²) in [4.78, 5) is 23.5. The number of aromatic nitrogens is 5. The molecular formula is C37H25N5. The van der Waals surface area contributed by atoms with Crippen molar-refractivity contribution in [1.82, 2.24) is 24.9 Å². The first-order valence-corrected chi connectivity index (χ1v) is 13.8. The molecule has 0 N–H and O–H groups in total. The van der Waals surface area contributed by atoms with Crippen LogP contribution >= 0.6 is 0 Å². The minimum atomic E-state index is 0.501. The lowest BCUT2D eigenvalue weighted by atomic mass is 9.88. The standard InChI is InChI=1S/C37H25N5/c1-3-13-26(14-4-1)29-17-7-8-18-30(29)31-22-21-28(25-32(31)27-15-5-2-6-16-27)35-40-36(33-19-9-11-23-38-33)42-37(41-35)34-20-10-12-24-39-34/h1-25H. The number of rotatable bonds is 6. The zero-order chi connectivity index (χ0) is 28.1. The van der Waals surface area contributed by atoms with Crippen LogP contribution in [0, 0.1) is 0 Å². The summed E-state index contributed by atoms with van der Waals surface area (Å²) in [6, 6.07) is 47.3. The van der Waals surface area contributed by atoms with E-state index in [1.807, 2.05) is 48.5 Å². The highest BCUT2D eigenvalue weighted by atomic mass is 15.1. The molecule has 5 heteroatoms. The topological polar surface area (TPSA) is 64.5 Å². The third-order valence-corrected chi connectivity index (χ3v) is 7.09. The second-order valence-corrected chi connectivity index (χ2v) is 9.77. The smallest absolute Gasteiger partial charge is 0.182 e. The third kappa shape index (κ3) is 5.07. The van der Waals surface area contributed by atoms with Gasteiger partial charge in [-0.05, 0) is 63.7 Å². The maximum atomic E-state index is 4.89. The Balaban J connectivity index is 1.43. The Hall–Kier alpha value is -5.81. The zero-order valence-electron chi connectivity index (χ0n) is 22.7. The fourth-order valence-corrected chi connectivity index (χ4v) is 5.09. The molecule has 3 aromatic heterocycles. The number of hydrogen-bond donors (Lipinski definition) is 0. The summed E-state index contributed by atoms with van der Waals surface area (Å²) < 4.78 is 0. The molecule has 4 aromatic carbocycles. The van der Waals surface area contributed by atoms with Crippen LogP contribution in [0.1, 0.15) is 0 Å². The van der Waals surface area contributed by atoms with Gasteiger partial charge < -0.3 is 0 Å². The molecule has 0 aliphatic heterocycles. The van der Waals surface area contributed by atoms with Crippen LogP contribution < -0.4 is 0 Å². The van der Waals surface area contributed by atoms with E-state index in [0.29, 0.717) is 28.9 Å². The van der Waals surface area contributed by atoms with Crippen LogP contribution in [-0.4, -0.2) is 24.9 Å². The highest BCUT2D eigenvalue weighted by molar-refractivity contribution is 5.93. The molecule has 0 atom stereocenters. The van der Waals surface area contributed by atoms with Crippen LogP contribution in [0.5, 0.6) is 0 Å². The van der Waals surface area contributed by atoms with Gasteiger partial charge in [0.05, 0.1) is 0 Å². The average Bonchev–Trinajstić information content (AvgIpc) is 3.09. The summed E-state index contributed by atoms with van der Waals surface area (Å²) in [6.07, 6.45) is 3.48. The second-order valence-electron chi connectivity index (χ2n) is 9.77. The summed E-state index contributed by atoms with van der Waals surface area (Å²) in [5.41, 5.74) is 9.08. The quantitative estimate of drug-likeness (QED) is 0.212. The summed E-state index contributed by atoms with van der Waals surface area (Å²) in [5.74, 6) is 1.56. The minimum absolute atomic E-state index is 0.501. The summed E-state index contributed by atoms with van der Waals surface area (Å²) in [7, 11) is 0. The number of benzene rings is 4. The third-order valence-electron chi connectivity index (χ3n) is 7.09. The van der Waals surface area contributed by atoms with Crippen LogP contribution in [0.4, 0.5) is 0 Å². The molecule has 0 aliphatic rings. The molecule has 0 spiro atoms. The lowest BCUT2D eigenvalue weighted by molar-refractivity contribution is 1.05. The first-order chi connectivity index (χ1) is 20.8. The van der Waals surface area contributed by atoms with E-state index >= 15 is 0 Å². The molecule has 0 bridgehead atoms. The Morgan fingerprint density at radius 2 is 0.786 bits per heavy atom. The lowest BCUT2D eigenvalue weighted by Gasteiger charge is -2.16. The van der Waals surface area contributed by atoms with Crippen molar-refractivity contribution in [2.24, 2.45) is 0 Å². The van der Waals surface area contributed by atoms with E-state index in [2.05, 4.69) is 101 Å². The van der Waals surface area contributed by atoms with Crippen molar-refractivity contribution in [3.8, 4) is 67.8 Å². The maximum Gasteiger partial charge on any atom is 0.182 e. The van der Waals surface area contributed by atoms with Crippen LogP contribution in [0.3, 0.4) is 0 Å². The van der Waals surface area contributed by atoms with Crippen molar-refractivity contribution in [3.63, 3.8) is 0 Å². The van der Waals surface area contributed by atoms with Crippen LogP contribution in [-0.2, 0) is 0 Å². The number of nitrogens with zero attached hydrogens (tertiary/aromatic N) is 5. The molecule has 0 amide bonds. The Morgan fingerprint density at radius 3 is 1.36 bits per heavy atom. The predicted molar refractivity (Wildman–Crippen MR) is 168 cm³/mol. The van der Waals surface area contributed by atoms with Gasteiger partial charge in [0.15, 0.2) is 17.5 Å². The maximum absolute atomic E-state index is 4.89. The van der Waals surface area contributed by atoms with Gasteiger partial charge in [-0.25, -0.2) is 15.0 Å². The fraction of sp³-hybridized carbons (Fsp3) is 0. The molecule has 0 saturated carbocycles. The molecule has 0 radical (unpaired) electrons. The van der Waals surface area contributed by atoms with E-state index < -0.39 is 0 Å². The molecule has 0 saturated heterocycles. The Bertz CT molecular complexity index is 1900. The molecule has 42 heavy (non-hydrogen) atoms. The van der Waals surface area contributed by atoms with Crippen molar-refractivity contribution >= 4 is 0 Å². The van der Waals surface area contributed by atoms with E-state index in [1.54, 1.807) is 12.4 Å². The van der Waals surface area contributed by atoms with Gasteiger partial charge in [0.1, 0.15) is 11.4 Å². The molecule has 0 unspecified atom stereocenters. The molecule has 0 fully saturated rings. The Morgan fingerprint density at radius 1 is 0.310 bits per heavy atom. The minimum Gasteiger partial charge on any atom is -0.253 e. The van der Waals surface area contributed by atoms with Gasteiger partial charge in [0.2, 0.25) is 0 Å². The molecule has 0 aliphatic carbocycles. The van der Waals surface area contributed by atoms with E-state index in [-0.39, 0.29) is 0 Å². The van der Waals surface area contributed by atoms with Crippen molar-refractivity contribution in [3.05, 3.63) is 152 Å². The normalized spacial score (nSPS) is 10.9. The van der Waals surface area contributed by atoms with E-state index in [1.165, 1.54) is 11.1 Å². The Labute approximate surface area is 244 Å². The van der Waals surface area contributed by atoms with Gasteiger partial charge in [-0.2, -0.15) is 0 Å². The molecular weight excluding hydrogens is 514 g/mol. The first kappa shape index (κ1) is 25.2. The van der Waals surface area contributed by atoms with Crippen molar-refractivity contribution < 1.29 is 0 Å². The number of hydrogen-bond acceptors (Lipinski definition) is 5. The second kappa shape index (κ2) is 11.4. The molecule has 7 aromatic rings. The van der Waals surface area contributed by atoms with Crippen molar-refractivity contribution in [2.75, 3.05) is 0 Å². The zero-order valence-corrected chi connectivity index (χ0v) is 22.7. The van der Waals surface area contributed by atoms with Crippen LogP contribution in [0.2, 0.25) is 0 Å². The SMILES string of the molecule is c1ccc(-c2ccccc2-c2ccc(-c3nc(-c4ccccn4)nc(-c4ccccn4)n3)cc2-c2ccccc2)cc1. The fourth-order valence-electron chi connectivity index (χ4n) is 5.09. The predicted octanol–water partition coefficient (Wildman–Crippen LogP) is 8.66. The van der Waals surface area contributed by atoms with Gasteiger partial charge in [0, 0.05) is 18.0 Å². The summed E-state index contributed by atoms with van der Waals surface area (Å²) in [6.45, 7) is 0. The highest BCUT2D eigenvalue weighted by Crippen LogP contribution is 2.40. The first-order valence-electron chi connectivity index (χ1n) is 13.8. The van der Waals surface area contributed by atoms with Crippen LogP contribution in [0.25, 0.3) is 67.8 Å². The number of pyridine rings is 2. The highest BCUT2D eigenvalue weighted by Gasteiger charge is 2.17. The lowest BCUT2D eigenvalue weighted by Crippen LogP contribution is -2.02. The molecule has 5 nitrogen and oxygen atoms in total. The van der Waals surface area contributed by atoms with Gasteiger partial charge in [-0.3, -0.25) is 9.97 Å². The Kier molecular flexibility index (Phi) is 6.81. The van der Waals surface area contributed by atoms with Crippen molar-refractivity contribution in [2.45, 2.75) is 0 Å². The van der Waals surface area contributed by atoms with E-state index in [4.69, 9.17) is 15.0 Å². The summed E-state index contributed by atoms with van der Waals surface area (Å²) >= 11 is 0. The van der Waals surface area contributed by atoms with E-state index in [9.17, 15) is 0 Å². The van der Waals surface area contributed by atoms with Gasteiger partial charge in [-0.1, -0.05) is 109 Å². The monoisotopic (exact) mass is 539 g/mol. The van der Waals surface area contributed by atoms with Gasteiger partial charge >= 0.3 is 0 Å². The average molecular weight is 540 g/mol. The largest absolute Gasteiger partial charge is 0.253 e. The molecule has 7 rings (SSSR count). The van der Waals surface area contributed by atoms with Gasteiger partial charge in [-0.15, -0.1) is 0 Å². The van der Waals surface area contributed by atoms with Gasteiger partial charge in [0.25, 0.3) is 0 Å². The molecule has 198 valence electrons. The summed E-state index contributed by atoms with van der Waals surface area (Å²) in [5, 5.41) is 0. The van der Waals surface area contributed by atoms with Crippen molar-refractivity contribution in [1.29, 1.82) is 0 Å².